The fraction of sp³-hybridized carbons (Fsp3) is 0.429. The molecule has 0 radical (unpaired) electrons. The fourth-order valence-corrected chi connectivity index (χ4v) is 3.37. The van der Waals surface area contributed by atoms with E-state index in [1.165, 1.54) is 12.8 Å². The highest BCUT2D eigenvalue weighted by Crippen LogP contribution is 2.25. The first-order valence-corrected chi connectivity index (χ1v) is 9.64. The third kappa shape index (κ3) is 5.46. The zero-order valence-electron chi connectivity index (χ0n) is 15.1. The molecule has 0 aliphatic heterocycles. The molecule has 1 aliphatic rings. The Morgan fingerprint density at radius 2 is 2.12 bits per heavy atom. The highest BCUT2D eigenvalue weighted by molar-refractivity contribution is 6.30. The van der Waals surface area contributed by atoms with Crippen molar-refractivity contribution in [2.45, 2.75) is 57.6 Å². The molecule has 138 valence electrons. The van der Waals surface area contributed by atoms with Crippen molar-refractivity contribution in [1.82, 2.24) is 10.3 Å². The quantitative estimate of drug-likeness (QED) is 0.754. The van der Waals surface area contributed by atoms with Gasteiger partial charge in [-0.3, -0.25) is 9.78 Å². The maximum Gasteiger partial charge on any atom is 0.220 e. The van der Waals surface area contributed by atoms with E-state index in [1.807, 2.05) is 31.2 Å². The van der Waals surface area contributed by atoms with E-state index in [0.717, 1.165) is 29.8 Å². The van der Waals surface area contributed by atoms with Gasteiger partial charge in [-0.05, 0) is 68.9 Å². The first-order valence-electron chi connectivity index (χ1n) is 9.26. The molecule has 1 aromatic carbocycles. The van der Waals surface area contributed by atoms with E-state index in [4.69, 9.17) is 16.3 Å². The molecule has 1 heterocycles. The Kier molecular flexibility index (Phi) is 6.51. The van der Waals surface area contributed by atoms with Crippen molar-refractivity contribution in [1.29, 1.82) is 0 Å². The number of benzene rings is 1. The van der Waals surface area contributed by atoms with Crippen LogP contribution in [0.15, 0.2) is 42.6 Å². The lowest BCUT2D eigenvalue weighted by Gasteiger charge is -2.15. The van der Waals surface area contributed by atoms with Crippen molar-refractivity contribution in [3.05, 3.63) is 58.9 Å². The van der Waals surface area contributed by atoms with Crippen molar-refractivity contribution in [3.8, 4) is 5.75 Å². The van der Waals surface area contributed by atoms with Crippen molar-refractivity contribution >= 4 is 17.5 Å². The molecule has 1 atom stereocenters. The minimum Gasteiger partial charge on any atom is -0.490 e. The van der Waals surface area contributed by atoms with Crippen LogP contribution in [0.25, 0.3) is 0 Å². The van der Waals surface area contributed by atoms with Gasteiger partial charge in [-0.1, -0.05) is 23.7 Å². The molecule has 1 saturated carbocycles. The standard InChI is InChI=1S/C21H25ClN2O2/c1-15(20-11-10-17(22)14-23-20)24-21(25)12-9-16-5-4-8-19(13-16)26-18-6-2-3-7-18/h4-5,8,10-11,13-15,18H,2-3,6-7,9,12H2,1H3,(H,24,25)/t15-/m1/s1. The lowest BCUT2D eigenvalue weighted by atomic mass is 10.1. The Bertz CT molecular complexity index is 727. The molecule has 5 heteroatoms. The molecule has 0 saturated heterocycles. The maximum absolute atomic E-state index is 12.2. The summed E-state index contributed by atoms with van der Waals surface area (Å²) < 4.78 is 6.04. The van der Waals surface area contributed by atoms with Gasteiger partial charge in [-0.2, -0.15) is 0 Å². The number of aryl methyl sites for hydroxylation is 1. The van der Waals surface area contributed by atoms with Crippen molar-refractivity contribution < 1.29 is 9.53 Å². The number of nitrogens with zero attached hydrogens (tertiary/aromatic N) is 1. The molecule has 1 aromatic heterocycles. The molecule has 26 heavy (non-hydrogen) atoms. The molecule has 4 nitrogen and oxygen atoms in total. The van der Waals surface area contributed by atoms with Crippen LogP contribution in [0.1, 0.15) is 56.3 Å². The first kappa shape index (κ1) is 18.7. The number of amides is 1. The highest BCUT2D eigenvalue weighted by atomic mass is 35.5. The lowest BCUT2D eigenvalue weighted by Crippen LogP contribution is -2.27. The number of carbonyl (C=O) groups is 1. The van der Waals surface area contributed by atoms with Crippen molar-refractivity contribution in [2.75, 3.05) is 0 Å². The van der Waals surface area contributed by atoms with Crippen molar-refractivity contribution in [3.63, 3.8) is 0 Å². The molecular formula is C21H25ClN2O2. The molecule has 1 fully saturated rings. The monoisotopic (exact) mass is 372 g/mol. The number of aromatic nitrogens is 1. The first-order chi connectivity index (χ1) is 12.6. The molecule has 1 aliphatic carbocycles. The number of nitrogens with one attached hydrogen (secondary N) is 1. The summed E-state index contributed by atoms with van der Waals surface area (Å²) in [5.74, 6) is 0.921. The Morgan fingerprint density at radius 1 is 1.31 bits per heavy atom. The predicted octanol–water partition coefficient (Wildman–Crippen LogP) is 4.87. The van der Waals surface area contributed by atoms with Gasteiger partial charge in [0.05, 0.1) is 22.9 Å². The minimum absolute atomic E-state index is 0.0105. The second kappa shape index (κ2) is 9.04. The van der Waals surface area contributed by atoms with Gasteiger partial charge in [-0.15, -0.1) is 0 Å². The second-order valence-electron chi connectivity index (χ2n) is 6.86. The summed E-state index contributed by atoms with van der Waals surface area (Å²) in [6, 6.07) is 11.6. The summed E-state index contributed by atoms with van der Waals surface area (Å²) in [6.07, 6.45) is 7.86. The molecule has 0 bridgehead atoms. The van der Waals surface area contributed by atoms with Gasteiger partial charge < -0.3 is 10.1 Å². The SMILES string of the molecule is C[C@@H](NC(=O)CCc1cccc(OC2CCCC2)c1)c1ccc(Cl)cn1. The molecule has 1 amide bonds. The van der Waals surface area contributed by atoms with E-state index >= 15 is 0 Å². The largest absolute Gasteiger partial charge is 0.490 e. The third-order valence-corrected chi connectivity index (χ3v) is 4.94. The Labute approximate surface area is 159 Å². The van der Waals surface area contributed by atoms with E-state index in [2.05, 4.69) is 16.4 Å². The van der Waals surface area contributed by atoms with Crippen LogP contribution < -0.4 is 10.1 Å². The average Bonchev–Trinajstić information content (AvgIpc) is 3.14. The summed E-state index contributed by atoms with van der Waals surface area (Å²) in [5.41, 5.74) is 1.92. The molecular weight excluding hydrogens is 348 g/mol. The van der Waals surface area contributed by atoms with Gasteiger partial charge in [0.2, 0.25) is 5.91 Å². The number of halogens is 1. The number of hydrogen-bond acceptors (Lipinski definition) is 3. The van der Waals surface area contributed by atoms with E-state index < -0.39 is 0 Å². The normalized spacial score (nSPS) is 15.6. The van der Waals surface area contributed by atoms with Gasteiger partial charge in [0.15, 0.2) is 0 Å². The lowest BCUT2D eigenvalue weighted by molar-refractivity contribution is -0.121. The predicted molar refractivity (Wildman–Crippen MR) is 103 cm³/mol. The minimum atomic E-state index is -0.142. The second-order valence-corrected chi connectivity index (χ2v) is 7.30. The van der Waals surface area contributed by atoms with E-state index in [-0.39, 0.29) is 11.9 Å². The van der Waals surface area contributed by atoms with E-state index in [1.54, 1.807) is 12.3 Å². The number of carbonyl (C=O) groups excluding carboxylic acids is 1. The van der Waals surface area contributed by atoms with Crippen LogP contribution in [0.5, 0.6) is 5.75 Å². The zero-order valence-corrected chi connectivity index (χ0v) is 15.8. The summed E-state index contributed by atoms with van der Waals surface area (Å²) in [5, 5.41) is 3.57. The van der Waals surface area contributed by atoms with Gasteiger partial charge >= 0.3 is 0 Å². The van der Waals surface area contributed by atoms with Crippen LogP contribution in [-0.2, 0) is 11.2 Å². The van der Waals surface area contributed by atoms with Crippen LogP contribution in [0.4, 0.5) is 0 Å². The summed E-state index contributed by atoms with van der Waals surface area (Å²) in [4.78, 5) is 16.5. The Morgan fingerprint density at radius 3 is 2.85 bits per heavy atom. The molecule has 2 aromatic rings. The zero-order chi connectivity index (χ0) is 18.4. The van der Waals surface area contributed by atoms with E-state index in [9.17, 15) is 4.79 Å². The Hall–Kier alpha value is -2.07. The van der Waals surface area contributed by atoms with Crippen LogP contribution in [0.2, 0.25) is 5.02 Å². The molecule has 0 spiro atoms. The number of pyridine rings is 1. The third-order valence-electron chi connectivity index (χ3n) is 4.72. The van der Waals surface area contributed by atoms with Gasteiger partial charge in [0.25, 0.3) is 0 Å². The highest BCUT2D eigenvalue weighted by Gasteiger charge is 2.16. The topological polar surface area (TPSA) is 51.2 Å². The molecule has 1 N–H and O–H groups in total. The van der Waals surface area contributed by atoms with Crippen LogP contribution in [-0.4, -0.2) is 17.0 Å². The Balaban J connectivity index is 1.48. The number of ether oxygens (including phenoxy) is 1. The number of rotatable bonds is 7. The van der Waals surface area contributed by atoms with Gasteiger partial charge in [-0.25, -0.2) is 0 Å². The average molecular weight is 373 g/mol. The number of hydrogen-bond donors (Lipinski definition) is 1. The summed E-state index contributed by atoms with van der Waals surface area (Å²) in [6.45, 7) is 1.92. The smallest absolute Gasteiger partial charge is 0.220 e. The van der Waals surface area contributed by atoms with Crippen LogP contribution in [0, 0.1) is 0 Å². The van der Waals surface area contributed by atoms with Gasteiger partial charge in [0.1, 0.15) is 5.75 Å². The van der Waals surface area contributed by atoms with E-state index in [0.29, 0.717) is 24.0 Å². The van der Waals surface area contributed by atoms with Gasteiger partial charge in [0, 0.05) is 12.6 Å². The van der Waals surface area contributed by atoms with Crippen molar-refractivity contribution in [2.24, 2.45) is 0 Å². The maximum atomic E-state index is 12.2. The summed E-state index contributed by atoms with van der Waals surface area (Å²) >= 11 is 5.85. The molecule has 0 unspecified atom stereocenters. The van der Waals surface area contributed by atoms with Crippen LogP contribution in [0.3, 0.4) is 0 Å². The van der Waals surface area contributed by atoms with Crippen LogP contribution >= 0.6 is 11.6 Å². The fourth-order valence-electron chi connectivity index (χ4n) is 3.26. The summed E-state index contributed by atoms with van der Waals surface area (Å²) in [7, 11) is 0. The molecule has 3 rings (SSSR count).